The Morgan fingerprint density at radius 2 is 2.29 bits per heavy atom. The standard InChI is InChI=1S/C9H16N4S/c1-6-11-8(14-12-6)13-4-7(10)9(2,3)5-13/h7H,4-5,10H2,1-3H3. The fourth-order valence-corrected chi connectivity index (χ4v) is 2.40. The maximum atomic E-state index is 6.06. The van der Waals surface area contributed by atoms with Crippen molar-refractivity contribution in [2.45, 2.75) is 26.8 Å². The molecular weight excluding hydrogens is 196 g/mol. The second kappa shape index (κ2) is 3.17. The van der Waals surface area contributed by atoms with Gasteiger partial charge in [0.25, 0.3) is 0 Å². The highest BCUT2D eigenvalue weighted by Crippen LogP contribution is 2.32. The second-order valence-electron chi connectivity index (χ2n) is 4.60. The fraction of sp³-hybridized carbons (Fsp3) is 0.778. The molecule has 2 rings (SSSR count). The van der Waals surface area contributed by atoms with E-state index >= 15 is 0 Å². The lowest BCUT2D eigenvalue weighted by molar-refractivity contribution is 0.365. The molecule has 2 heterocycles. The lowest BCUT2D eigenvalue weighted by Crippen LogP contribution is -2.35. The number of aryl methyl sites for hydroxylation is 1. The van der Waals surface area contributed by atoms with Crippen molar-refractivity contribution in [1.29, 1.82) is 0 Å². The molecule has 0 aromatic carbocycles. The van der Waals surface area contributed by atoms with E-state index in [1.54, 1.807) is 0 Å². The van der Waals surface area contributed by atoms with Crippen LogP contribution in [0.4, 0.5) is 5.13 Å². The molecule has 0 aliphatic carbocycles. The first-order chi connectivity index (χ1) is 6.49. The maximum absolute atomic E-state index is 6.06. The molecule has 0 amide bonds. The van der Waals surface area contributed by atoms with E-state index < -0.39 is 0 Å². The van der Waals surface area contributed by atoms with Gasteiger partial charge in [0.05, 0.1) is 0 Å². The van der Waals surface area contributed by atoms with Crippen molar-refractivity contribution in [3.05, 3.63) is 5.82 Å². The van der Waals surface area contributed by atoms with Crippen LogP contribution in [0.5, 0.6) is 0 Å². The fourth-order valence-electron chi connectivity index (χ4n) is 1.72. The molecule has 1 aromatic rings. The second-order valence-corrected chi connectivity index (χ2v) is 5.33. The van der Waals surface area contributed by atoms with E-state index in [2.05, 4.69) is 28.1 Å². The van der Waals surface area contributed by atoms with Gasteiger partial charge in [-0.15, -0.1) is 0 Å². The molecule has 1 saturated heterocycles. The summed E-state index contributed by atoms with van der Waals surface area (Å²) >= 11 is 1.46. The predicted molar refractivity (Wildman–Crippen MR) is 58.6 cm³/mol. The van der Waals surface area contributed by atoms with Gasteiger partial charge in [0.1, 0.15) is 5.82 Å². The average molecular weight is 212 g/mol. The lowest BCUT2D eigenvalue weighted by Gasteiger charge is -2.21. The molecule has 1 aromatic heterocycles. The van der Waals surface area contributed by atoms with E-state index in [0.717, 1.165) is 24.0 Å². The van der Waals surface area contributed by atoms with Gasteiger partial charge in [0.15, 0.2) is 0 Å². The van der Waals surface area contributed by atoms with E-state index in [4.69, 9.17) is 5.73 Å². The van der Waals surface area contributed by atoms with Gasteiger partial charge in [-0.2, -0.15) is 4.37 Å². The van der Waals surface area contributed by atoms with Gasteiger partial charge < -0.3 is 10.6 Å². The molecule has 1 atom stereocenters. The SMILES string of the molecule is Cc1nsc(N2CC(N)C(C)(C)C2)n1. The van der Waals surface area contributed by atoms with Crippen LogP contribution >= 0.6 is 11.5 Å². The van der Waals surface area contributed by atoms with Gasteiger partial charge in [-0.3, -0.25) is 0 Å². The van der Waals surface area contributed by atoms with Crippen LogP contribution in [0.2, 0.25) is 0 Å². The van der Waals surface area contributed by atoms with E-state index in [-0.39, 0.29) is 11.5 Å². The predicted octanol–water partition coefficient (Wildman–Crippen LogP) is 1.02. The molecule has 1 aliphatic heterocycles. The van der Waals surface area contributed by atoms with Crippen LogP contribution in [0.25, 0.3) is 0 Å². The Bertz CT molecular complexity index is 333. The first-order valence-corrected chi connectivity index (χ1v) is 5.57. The van der Waals surface area contributed by atoms with Crippen LogP contribution in [0.1, 0.15) is 19.7 Å². The monoisotopic (exact) mass is 212 g/mol. The largest absolute Gasteiger partial charge is 0.345 e. The van der Waals surface area contributed by atoms with Crippen LogP contribution in [0.15, 0.2) is 0 Å². The van der Waals surface area contributed by atoms with Gasteiger partial charge in [0, 0.05) is 30.7 Å². The van der Waals surface area contributed by atoms with Gasteiger partial charge >= 0.3 is 0 Å². The maximum Gasteiger partial charge on any atom is 0.205 e. The Labute approximate surface area is 88.3 Å². The van der Waals surface area contributed by atoms with Crippen LogP contribution in [0.3, 0.4) is 0 Å². The third-order valence-electron chi connectivity index (χ3n) is 2.81. The normalized spacial score (nSPS) is 25.7. The lowest BCUT2D eigenvalue weighted by atomic mass is 9.89. The highest BCUT2D eigenvalue weighted by atomic mass is 32.1. The zero-order chi connectivity index (χ0) is 10.3. The summed E-state index contributed by atoms with van der Waals surface area (Å²) in [5.74, 6) is 0.850. The molecular formula is C9H16N4S. The molecule has 0 radical (unpaired) electrons. The summed E-state index contributed by atoms with van der Waals surface area (Å²) in [6.07, 6.45) is 0. The number of hydrogen-bond acceptors (Lipinski definition) is 5. The molecule has 0 saturated carbocycles. The Morgan fingerprint density at radius 3 is 2.71 bits per heavy atom. The Balaban J connectivity index is 2.16. The zero-order valence-corrected chi connectivity index (χ0v) is 9.64. The van der Waals surface area contributed by atoms with Gasteiger partial charge in [-0.05, 0) is 12.3 Å². The van der Waals surface area contributed by atoms with Gasteiger partial charge in [-0.25, -0.2) is 4.98 Å². The van der Waals surface area contributed by atoms with E-state index in [1.165, 1.54) is 11.5 Å². The first-order valence-electron chi connectivity index (χ1n) is 4.80. The van der Waals surface area contributed by atoms with Gasteiger partial charge in [0.2, 0.25) is 5.13 Å². The molecule has 1 unspecified atom stereocenters. The smallest absolute Gasteiger partial charge is 0.205 e. The highest BCUT2D eigenvalue weighted by molar-refractivity contribution is 7.09. The highest BCUT2D eigenvalue weighted by Gasteiger charge is 2.37. The number of nitrogens with two attached hydrogens (primary N) is 1. The van der Waals surface area contributed by atoms with Crippen molar-refractivity contribution in [2.75, 3.05) is 18.0 Å². The number of aromatic nitrogens is 2. The molecule has 2 N–H and O–H groups in total. The minimum absolute atomic E-state index is 0.180. The Morgan fingerprint density at radius 1 is 1.57 bits per heavy atom. The number of rotatable bonds is 1. The van der Waals surface area contributed by atoms with Crippen molar-refractivity contribution < 1.29 is 0 Å². The number of hydrogen-bond donors (Lipinski definition) is 1. The van der Waals surface area contributed by atoms with Gasteiger partial charge in [-0.1, -0.05) is 13.8 Å². The minimum Gasteiger partial charge on any atom is -0.345 e. The summed E-state index contributed by atoms with van der Waals surface area (Å²) in [7, 11) is 0. The molecule has 1 aliphatic rings. The summed E-state index contributed by atoms with van der Waals surface area (Å²) in [5, 5.41) is 1.00. The molecule has 78 valence electrons. The number of anilines is 1. The number of nitrogens with zero attached hydrogens (tertiary/aromatic N) is 3. The van der Waals surface area contributed by atoms with E-state index in [1.807, 2.05) is 6.92 Å². The van der Waals surface area contributed by atoms with Crippen LogP contribution in [-0.4, -0.2) is 28.5 Å². The van der Waals surface area contributed by atoms with Crippen molar-refractivity contribution in [2.24, 2.45) is 11.1 Å². The third kappa shape index (κ3) is 1.62. The minimum atomic E-state index is 0.180. The summed E-state index contributed by atoms with van der Waals surface area (Å²) < 4.78 is 4.18. The summed E-state index contributed by atoms with van der Waals surface area (Å²) in [6, 6.07) is 0.228. The van der Waals surface area contributed by atoms with Crippen LogP contribution in [0, 0.1) is 12.3 Å². The van der Waals surface area contributed by atoms with Crippen molar-refractivity contribution in [3.63, 3.8) is 0 Å². The molecule has 0 spiro atoms. The molecule has 4 nitrogen and oxygen atoms in total. The van der Waals surface area contributed by atoms with Crippen molar-refractivity contribution >= 4 is 16.7 Å². The van der Waals surface area contributed by atoms with Crippen LogP contribution in [-0.2, 0) is 0 Å². The first kappa shape index (κ1) is 9.86. The van der Waals surface area contributed by atoms with Crippen molar-refractivity contribution in [3.8, 4) is 0 Å². The van der Waals surface area contributed by atoms with Crippen molar-refractivity contribution in [1.82, 2.24) is 9.36 Å². The summed E-state index contributed by atoms with van der Waals surface area (Å²) in [5.41, 5.74) is 6.24. The molecule has 0 bridgehead atoms. The molecule has 14 heavy (non-hydrogen) atoms. The Hall–Kier alpha value is -0.680. The topological polar surface area (TPSA) is 55.0 Å². The zero-order valence-electron chi connectivity index (χ0n) is 8.82. The summed E-state index contributed by atoms with van der Waals surface area (Å²) in [6.45, 7) is 8.18. The van der Waals surface area contributed by atoms with Crippen LogP contribution < -0.4 is 10.6 Å². The quantitative estimate of drug-likeness (QED) is 0.755. The Kier molecular flexibility index (Phi) is 2.23. The molecule has 1 fully saturated rings. The molecule has 5 heteroatoms. The average Bonchev–Trinajstić information content (AvgIpc) is 2.58. The summed E-state index contributed by atoms with van der Waals surface area (Å²) in [4.78, 5) is 6.60. The third-order valence-corrected chi connectivity index (χ3v) is 3.67. The van der Waals surface area contributed by atoms with E-state index in [9.17, 15) is 0 Å². The van der Waals surface area contributed by atoms with E-state index in [0.29, 0.717) is 0 Å².